The molecule has 0 saturated heterocycles. The van der Waals surface area contributed by atoms with Crippen LogP contribution in [0, 0.1) is 51.8 Å². The molecule has 164 valence electrons. The maximum absolute atomic E-state index is 2.83. The Morgan fingerprint density at radius 3 is 2.34 bits per heavy atom. The van der Waals surface area contributed by atoms with Crippen LogP contribution < -0.4 is 0 Å². The first-order chi connectivity index (χ1) is 13.8. The minimum Gasteiger partial charge on any atom is -0.0785 e. The Balaban J connectivity index is 1.31. The fourth-order valence-electron chi connectivity index (χ4n) is 9.44. The molecule has 0 N–H and O–H groups in total. The first kappa shape index (κ1) is 20.6. The van der Waals surface area contributed by atoms with E-state index in [9.17, 15) is 0 Å². The summed E-state index contributed by atoms with van der Waals surface area (Å²) in [7, 11) is 0. The van der Waals surface area contributed by atoms with Gasteiger partial charge in [0.25, 0.3) is 0 Å². The van der Waals surface area contributed by atoms with Crippen molar-refractivity contribution >= 4 is 0 Å². The monoisotopic (exact) mass is 396 g/mol. The molecule has 0 amide bonds. The van der Waals surface area contributed by atoms with E-state index in [1.54, 1.807) is 6.42 Å². The average Bonchev–Trinajstić information content (AvgIpc) is 3.33. The van der Waals surface area contributed by atoms with Crippen molar-refractivity contribution in [1.82, 2.24) is 0 Å². The number of fused-ring (bicyclic) bond motifs is 5. The van der Waals surface area contributed by atoms with E-state index >= 15 is 0 Å². The molecule has 0 aliphatic heterocycles. The summed E-state index contributed by atoms with van der Waals surface area (Å²) >= 11 is 0. The molecule has 29 heavy (non-hydrogen) atoms. The van der Waals surface area contributed by atoms with Gasteiger partial charge in [-0.15, -0.1) is 0 Å². The van der Waals surface area contributed by atoms with E-state index in [1.807, 2.05) is 5.57 Å². The van der Waals surface area contributed by atoms with Crippen molar-refractivity contribution in [3.05, 3.63) is 11.6 Å². The zero-order chi connectivity index (χ0) is 20.4. The Labute approximate surface area is 181 Å². The molecule has 0 unspecified atom stereocenters. The molecule has 0 aromatic heterocycles. The molecule has 0 nitrogen and oxygen atoms in total. The third-order valence-electron chi connectivity index (χ3n) is 11.5. The number of allylic oxidation sites excluding steroid dienone is 2. The summed E-state index contributed by atoms with van der Waals surface area (Å²) in [5, 5.41) is 0. The largest absolute Gasteiger partial charge is 0.0785 e. The van der Waals surface area contributed by atoms with Gasteiger partial charge in [0.2, 0.25) is 0 Å². The Morgan fingerprint density at radius 2 is 1.62 bits per heavy atom. The quantitative estimate of drug-likeness (QED) is 0.407. The van der Waals surface area contributed by atoms with E-state index in [4.69, 9.17) is 0 Å². The van der Waals surface area contributed by atoms with Crippen LogP contribution in [0.1, 0.15) is 118 Å². The third-order valence-corrected chi connectivity index (χ3v) is 11.5. The molecule has 0 aromatic carbocycles. The topological polar surface area (TPSA) is 0 Å². The predicted octanol–water partition coefficient (Wildman–Crippen LogP) is 8.81. The first-order valence-electron chi connectivity index (χ1n) is 13.5. The summed E-state index contributed by atoms with van der Waals surface area (Å²) in [5.74, 6) is 5.91. The van der Waals surface area contributed by atoms with Gasteiger partial charge < -0.3 is 0 Å². The minimum absolute atomic E-state index is 0.569. The van der Waals surface area contributed by atoms with Gasteiger partial charge in [0, 0.05) is 0 Å². The van der Waals surface area contributed by atoms with Crippen molar-refractivity contribution in [3.8, 4) is 0 Å². The van der Waals surface area contributed by atoms with Gasteiger partial charge in [-0.25, -0.2) is 0 Å². The molecular formula is C29H48. The zero-order valence-electron chi connectivity index (χ0n) is 20.2. The summed E-state index contributed by atoms with van der Waals surface area (Å²) in [6.45, 7) is 12.8. The van der Waals surface area contributed by atoms with Crippen LogP contribution in [0.2, 0.25) is 0 Å². The molecule has 5 rings (SSSR count). The number of hydrogen-bond acceptors (Lipinski definition) is 0. The second-order valence-corrected chi connectivity index (χ2v) is 13.4. The number of hydrogen-bond donors (Lipinski definition) is 0. The summed E-state index contributed by atoms with van der Waals surface area (Å²) in [4.78, 5) is 0. The Kier molecular flexibility index (Phi) is 5.07. The van der Waals surface area contributed by atoms with Crippen LogP contribution in [0.4, 0.5) is 0 Å². The van der Waals surface area contributed by atoms with Gasteiger partial charge >= 0.3 is 0 Å². The van der Waals surface area contributed by atoms with Crippen LogP contribution in [0.15, 0.2) is 11.6 Å². The van der Waals surface area contributed by atoms with Crippen molar-refractivity contribution in [2.45, 2.75) is 118 Å². The lowest BCUT2D eigenvalue weighted by Gasteiger charge is -2.59. The highest BCUT2D eigenvalue weighted by Crippen LogP contribution is 2.70. The van der Waals surface area contributed by atoms with Gasteiger partial charge in [-0.2, -0.15) is 0 Å². The Bertz CT molecular complexity index is 651. The fourth-order valence-corrected chi connectivity index (χ4v) is 9.44. The smallest absolute Gasteiger partial charge is 0.00849 e. The van der Waals surface area contributed by atoms with Gasteiger partial charge in [-0.1, -0.05) is 65.5 Å². The maximum atomic E-state index is 2.83. The van der Waals surface area contributed by atoms with Crippen molar-refractivity contribution in [3.63, 3.8) is 0 Å². The summed E-state index contributed by atoms with van der Waals surface area (Å²) in [6.07, 6.45) is 22.3. The molecule has 4 fully saturated rings. The molecule has 5 aliphatic carbocycles. The van der Waals surface area contributed by atoms with Crippen molar-refractivity contribution in [1.29, 1.82) is 0 Å². The normalized spacial score (nSPS) is 46.1. The van der Waals surface area contributed by atoms with Crippen molar-refractivity contribution in [2.24, 2.45) is 51.8 Å². The SMILES string of the molecule is CC(C)CCC[C@@H](C)[C@H]1CC[C@H]2[C@@H]3CCC4=CC5(CC5)CC[C@]4(C)[C@H]3CC[C@]12C. The predicted molar refractivity (Wildman–Crippen MR) is 125 cm³/mol. The van der Waals surface area contributed by atoms with Crippen molar-refractivity contribution in [2.75, 3.05) is 0 Å². The van der Waals surface area contributed by atoms with Crippen LogP contribution in [0.3, 0.4) is 0 Å². The molecule has 0 radical (unpaired) electrons. The number of rotatable bonds is 5. The molecule has 7 atom stereocenters. The minimum atomic E-state index is 0.569. The van der Waals surface area contributed by atoms with E-state index in [2.05, 4.69) is 40.7 Å². The van der Waals surface area contributed by atoms with Gasteiger partial charge in [-0.3, -0.25) is 0 Å². The summed E-state index contributed by atoms with van der Waals surface area (Å²) in [5.41, 5.74) is 3.83. The lowest BCUT2D eigenvalue weighted by molar-refractivity contribution is -0.0610. The Morgan fingerprint density at radius 1 is 0.862 bits per heavy atom. The second kappa shape index (κ2) is 7.13. The highest BCUT2D eigenvalue weighted by molar-refractivity contribution is 5.30. The van der Waals surface area contributed by atoms with E-state index in [-0.39, 0.29) is 0 Å². The lowest BCUT2D eigenvalue weighted by Crippen LogP contribution is -2.51. The first-order valence-corrected chi connectivity index (χ1v) is 13.5. The highest BCUT2D eigenvalue weighted by atomic mass is 14.6. The third kappa shape index (κ3) is 3.29. The van der Waals surface area contributed by atoms with Crippen LogP contribution in [-0.4, -0.2) is 0 Å². The van der Waals surface area contributed by atoms with E-state index in [0.717, 1.165) is 35.5 Å². The van der Waals surface area contributed by atoms with Gasteiger partial charge in [0.1, 0.15) is 0 Å². The summed E-state index contributed by atoms with van der Waals surface area (Å²) in [6, 6.07) is 0. The highest BCUT2D eigenvalue weighted by Gasteiger charge is 2.60. The van der Waals surface area contributed by atoms with Crippen molar-refractivity contribution < 1.29 is 0 Å². The molecule has 4 saturated carbocycles. The summed E-state index contributed by atoms with van der Waals surface area (Å²) < 4.78 is 0. The molecule has 0 heterocycles. The van der Waals surface area contributed by atoms with Crippen LogP contribution in [0.5, 0.6) is 0 Å². The molecule has 0 bridgehead atoms. The molecular weight excluding hydrogens is 348 g/mol. The van der Waals surface area contributed by atoms with E-state index < -0.39 is 0 Å². The second-order valence-electron chi connectivity index (χ2n) is 13.4. The van der Waals surface area contributed by atoms with E-state index in [1.165, 1.54) is 77.0 Å². The van der Waals surface area contributed by atoms with Gasteiger partial charge in [-0.05, 0) is 116 Å². The molecule has 1 spiro atoms. The van der Waals surface area contributed by atoms with Crippen LogP contribution in [-0.2, 0) is 0 Å². The Hall–Kier alpha value is -0.260. The molecule has 5 aliphatic rings. The molecule has 0 aromatic rings. The standard InChI is InChI=1S/C29H48/c1-20(2)7-6-8-21(3)24-11-12-25-23-10-9-22-19-29(17-18-29)16-15-27(22,4)26(23)13-14-28(24,25)5/h19-21,23-26H,6-18H2,1-5H3/t21-,23+,24-,25+,26+,27+,28-/m1/s1. The molecule has 0 heteroatoms. The zero-order valence-corrected chi connectivity index (χ0v) is 20.2. The van der Waals surface area contributed by atoms with Gasteiger partial charge in [0.05, 0.1) is 0 Å². The van der Waals surface area contributed by atoms with Gasteiger partial charge in [0.15, 0.2) is 0 Å². The van der Waals surface area contributed by atoms with E-state index in [0.29, 0.717) is 16.2 Å². The lowest BCUT2D eigenvalue weighted by atomic mass is 9.46. The average molecular weight is 397 g/mol. The fraction of sp³-hybridized carbons (Fsp3) is 0.931. The van der Waals surface area contributed by atoms with Crippen LogP contribution in [0.25, 0.3) is 0 Å². The van der Waals surface area contributed by atoms with Crippen LogP contribution >= 0.6 is 0 Å². The maximum Gasteiger partial charge on any atom is -0.00849 e.